The molecule has 0 aromatic heterocycles. The van der Waals surface area contributed by atoms with Crippen molar-refractivity contribution in [3.05, 3.63) is 48.0 Å². The van der Waals surface area contributed by atoms with Gasteiger partial charge in [0.05, 0.1) is 11.3 Å². The predicted octanol–water partition coefficient (Wildman–Crippen LogP) is 3.66. The van der Waals surface area contributed by atoms with Crippen LogP contribution in [0.4, 0.5) is 32.0 Å². The van der Waals surface area contributed by atoms with Crippen molar-refractivity contribution in [3.63, 3.8) is 0 Å². The first-order valence-electron chi connectivity index (χ1n) is 8.10. The normalized spacial score (nSPS) is 16.2. The van der Waals surface area contributed by atoms with Gasteiger partial charge in [-0.2, -0.15) is 26.3 Å². The summed E-state index contributed by atoms with van der Waals surface area (Å²) in [5.41, 5.74) is 6.70. The number of fused-ring (bicyclic) bond motifs is 1. The van der Waals surface area contributed by atoms with Crippen LogP contribution in [0.15, 0.2) is 42.5 Å². The lowest BCUT2D eigenvalue weighted by Gasteiger charge is -2.11. The molecule has 1 aliphatic rings. The first kappa shape index (κ1) is 23.0. The molecule has 30 heavy (non-hydrogen) atoms. The zero-order valence-electron chi connectivity index (χ0n) is 14.8. The number of nitrogens with two attached hydrogens (primary N) is 1. The Morgan fingerprint density at radius 3 is 2.07 bits per heavy atom. The second-order valence-electron chi connectivity index (χ2n) is 6.00. The van der Waals surface area contributed by atoms with E-state index in [2.05, 4.69) is 5.32 Å². The molecule has 12 heteroatoms. The minimum Gasteiger partial charge on any atom is -0.489 e. The summed E-state index contributed by atoms with van der Waals surface area (Å²) in [7, 11) is 0. The van der Waals surface area contributed by atoms with Gasteiger partial charge in [0.25, 0.3) is 0 Å². The summed E-state index contributed by atoms with van der Waals surface area (Å²) in [6, 6.07) is 9.07. The lowest BCUT2D eigenvalue weighted by atomic mass is 10.0. The SMILES string of the molecule is N[C@@H]1COc2cc(-c3ccc(C(F)(F)F)cc3)ccc2NC1=O.O=C(O)C(F)(F)F. The van der Waals surface area contributed by atoms with Crippen molar-refractivity contribution in [1.82, 2.24) is 0 Å². The number of carboxylic acid groups (broad SMARTS) is 1. The minimum absolute atomic E-state index is 0.0370. The number of rotatable bonds is 1. The largest absolute Gasteiger partial charge is 0.490 e. The smallest absolute Gasteiger partial charge is 0.489 e. The zero-order valence-corrected chi connectivity index (χ0v) is 14.8. The third-order valence-corrected chi connectivity index (χ3v) is 3.78. The number of alkyl halides is 6. The Bertz CT molecular complexity index is 926. The Balaban J connectivity index is 0.000000396. The van der Waals surface area contributed by atoms with Crippen molar-refractivity contribution in [2.45, 2.75) is 18.4 Å². The van der Waals surface area contributed by atoms with Crippen molar-refractivity contribution < 1.29 is 45.8 Å². The number of benzene rings is 2. The summed E-state index contributed by atoms with van der Waals surface area (Å²) < 4.78 is 75.0. The first-order valence-corrected chi connectivity index (χ1v) is 8.10. The number of amides is 1. The number of carboxylic acids is 1. The number of carbonyl (C=O) groups excluding carboxylic acids is 1. The van der Waals surface area contributed by atoms with Crippen LogP contribution in [0.1, 0.15) is 5.56 Å². The Morgan fingerprint density at radius 2 is 1.57 bits per heavy atom. The number of halogens is 6. The molecule has 0 unspecified atom stereocenters. The van der Waals surface area contributed by atoms with Crippen molar-refractivity contribution >= 4 is 17.6 Å². The lowest BCUT2D eigenvalue weighted by molar-refractivity contribution is -0.192. The van der Waals surface area contributed by atoms with Crippen LogP contribution < -0.4 is 15.8 Å². The minimum atomic E-state index is -5.08. The van der Waals surface area contributed by atoms with Crippen LogP contribution >= 0.6 is 0 Å². The van der Waals surface area contributed by atoms with Crippen LogP contribution in [0.25, 0.3) is 11.1 Å². The standard InChI is InChI=1S/C16H13F3N2O2.C2HF3O2/c17-16(18,19)11-4-1-9(2-5-11)10-3-6-13-14(7-10)23-8-12(20)15(22)21-13;3-2(4,5)1(6)7/h1-7,12H,8,20H2,(H,21,22);(H,6,7)/t12-;/m1./s1. The molecular weight excluding hydrogens is 422 g/mol. The van der Waals surface area contributed by atoms with Crippen molar-refractivity contribution in [2.75, 3.05) is 11.9 Å². The van der Waals surface area contributed by atoms with Gasteiger partial charge in [0.1, 0.15) is 18.4 Å². The molecule has 0 fully saturated rings. The lowest BCUT2D eigenvalue weighted by Crippen LogP contribution is -2.38. The molecule has 0 aliphatic carbocycles. The number of hydrogen-bond acceptors (Lipinski definition) is 4. The van der Waals surface area contributed by atoms with E-state index in [1.165, 1.54) is 12.1 Å². The number of ether oxygens (including phenoxy) is 1. The predicted molar refractivity (Wildman–Crippen MR) is 92.7 cm³/mol. The fourth-order valence-corrected chi connectivity index (χ4v) is 2.26. The number of aliphatic carboxylic acids is 1. The maximum absolute atomic E-state index is 12.6. The van der Waals surface area contributed by atoms with E-state index in [-0.39, 0.29) is 12.5 Å². The summed E-state index contributed by atoms with van der Waals surface area (Å²) in [5, 5.41) is 9.77. The molecule has 0 saturated carbocycles. The fourth-order valence-electron chi connectivity index (χ4n) is 2.26. The first-order chi connectivity index (χ1) is 13.8. The molecule has 1 amide bonds. The van der Waals surface area contributed by atoms with E-state index < -0.39 is 29.9 Å². The van der Waals surface area contributed by atoms with Gasteiger partial charge >= 0.3 is 18.3 Å². The van der Waals surface area contributed by atoms with Gasteiger partial charge in [0.15, 0.2) is 0 Å². The van der Waals surface area contributed by atoms with Crippen LogP contribution in [0, 0.1) is 0 Å². The molecular formula is C18H14F6N2O4. The van der Waals surface area contributed by atoms with Crippen molar-refractivity contribution in [2.24, 2.45) is 5.73 Å². The van der Waals surface area contributed by atoms with E-state index in [1.807, 2.05) is 0 Å². The van der Waals surface area contributed by atoms with Crippen LogP contribution in [-0.2, 0) is 15.8 Å². The third-order valence-electron chi connectivity index (χ3n) is 3.78. The second kappa shape index (κ2) is 8.61. The second-order valence-corrected chi connectivity index (χ2v) is 6.00. The van der Waals surface area contributed by atoms with Crippen LogP contribution in [0.5, 0.6) is 5.75 Å². The fraction of sp³-hybridized carbons (Fsp3) is 0.222. The summed E-state index contributed by atoms with van der Waals surface area (Å²) in [6.07, 6.45) is -9.45. The topological polar surface area (TPSA) is 102 Å². The molecule has 0 spiro atoms. The molecule has 2 aromatic rings. The molecule has 3 rings (SSSR count). The number of nitrogens with one attached hydrogen (secondary N) is 1. The average molecular weight is 436 g/mol. The van der Waals surface area contributed by atoms with Gasteiger partial charge in [0.2, 0.25) is 5.91 Å². The highest BCUT2D eigenvalue weighted by molar-refractivity contribution is 5.97. The molecule has 4 N–H and O–H groups in total. The van der Waals surface area contributed by atoms with Gasteiger partial charge in [0, 0.05) is 0 Å². The molecule has 162 valence electrons. The summed E-state index contributed by atoms with van der Waals surface area (Å²) in [6.45, 7) is 0.0370. The summed E-state index contributed by atoms with van der Waals surface area (Å²) in [4.78, 5) is 20.5. The van der Waals surface area contributed by atoms with E-state index in [9.17, 15) is 31.1 Å². The zero-order chi connectivity index (χ0) is 22.7. The quantitative estimate of drug-likeness (QED) is 0.593. The maximum Gasteiger partial charge on any atom is 0.490 e. The van der Waals surface area contributed by atoms with Gasteiger partial charge in [-0.25, -0.2) is 4.79 Å². The highest BCUT2D eigenvalue weighted by Crippen LogP contribution is 2.34. The van der Waals surface area contributed by atoms with Gasteiger partial charge in [-0.05, 0) is 35.4 Å². The van der Waals surface area contributed by atoms with Gasteiger partial charge < -0.3 is 20.9 Å². The highest BCUT2D eigenvalue weighted by Gasteiger charge is 2.38. The monoisotopic (exact) mass is 436 g/mol. The Kier molecular flexibility index (Phi) is 6.60. The Labute approximate surface area is 165 Å². The van der Waals surface area contributed by atoms with Crippen molar-refractivity contribution in [3.8, 4) is 16.9 Å². The summed E-state index contributed by atoms with van der Waals surface area (Å²) >= 11 is 0. The average Bonchev–Trinajstić information content (AvgIpc) is 2.79. The van der Waals surface area contributed by atoms with Gasteiger partial charge in [-0.15, -0.1) is 0 Å². The number of hydrogen-bond donors (Lipinski definition) is 3. The Hall–Kier alpha value is -3.28. The van der Waals surface area contributed by atoms with E-state index >= 15 is 0 Å². The van der Waals surface area contributed by atoms with Crippen LogP contribution in [0.3, 0.4) is 0 Å². The molecule has 0 saturated heterocycles. The number of anilines is 1. The Morgan fingerprint density at radius 1 is 1.03 bits per heavy atom. The maximum atomic E-state index is 12.6. The van der Waals surface area contributed by atoms with Gasteiger partial charge in [-0.1, -0.05) is 18.2 Å². The van der Waals surface area contributed by atoms with Crippen LogP contribution in [0.2, 0.25) is 0 Å². The number of carbonyl (C=O) groups is 2. The summed E-state index contributed by atoms with van der Waals surface area (Å²) in [5.74, 6) is -2.66. The third kappa shape index (κ3) is 5.86. The van der Waals surface area contributed by atoms with E-state index in [0.717, 1.165) is 12.1 Å². The van der Waals surface area contributed by atoms with E-state index in [4.69, 9.17) is 20.4 Å². The van der Waals surface area contributed by atoms with E-state index in [0.29, 0.717) is 22.6 Å². The molecule has 1 heterocycles. The van der Waals surface area contributed by atoms with Gasteiger partial charge in [-0.3, -0.25) is 4.79 Å². The molecule has 0 radical (unpaired) electrons. The highest BCUT2D eigenvalue weighted by atomic mass is 19.4. The van der Waals surface area contributed by atoms with Crippen molar-refractivity contribution in [1.29, 1.82) is 0 Å². The van der Waals surface area contributed by atoms with E-state index in [1.54, 1.807) is 18.2 Å². The molecule has 0 bridgehead atoms. The molecule has 2 aromatic carbocycles. The molecule has 1 atom stereocenters. The molecule has 6 nitrogen and oxygen atoms in total. The molecule has 1 aliphatic heterocycles. The van der Waals surface area contributed by atoms with Crippen LogP contribution in [-0.4, -0.2) is 35.8 Å².